The van der Waals surface area contributed by atoms with E-state index in [1.54, 1.807) is 0 Å². The van der Waals surface area contributed by atoms with Crippen molar-refractivity contribution in [3.05, 3.63) is 34.9 Å². The SMILES string of the molecule is COC(=O)CN(C)Cc1cc(C)ccc1C. The summed E-state index contributed by atoms with van der Waals surface area (Å²) in [6.07, 6.45) is 0. The first-order valence-electron chi connectivity index (χ1n) is 5.34. The Kier molecular flexibility index (Phi) is 4.50. The molecule has 3 heteroatoms. The Bertz CT molecular complexity index is 374. The van der Waals surface area contributed by atoms with Gasteiger partial charge in [-0.3, -0.25) is 9.69 Å². The van der Waals surface area contributed by atoms with Crippen LogP contribution in [0.25, 0.3) is 0 Å². The average Bonchev–Trinajstić information content (AvgIpc) is 2.23. The molecule has 0 unspecified atom stereocenters. The molecule has 0 fully saturated rings. The third-order valence-corrected chi connectivity index (χ3v) is 2.57. The second-order valence-electron chi connectivity index (χ2n) is 4.18. The van der Waals surface area contributed by atoms with Crippen molar-refractivity contribution in [2.75, 3.05) is 20.7 Å². The monoisotopic (exact) mass is 221 g/mol. The van der Waals surface area contributed by atoms with Crippen molar-refractivity contribution >= 4 is 5.97 Å². The van der Waals surface area contributed by atoms with E-state index in [9.17, 15) is 4.79 Å². The molecule has 88 valence electrons. The first kappa shape index (κ1) is 12.7. The minimum atomic E-state index is -0.201. The number of rotatable bonds is 4. The fourth-order valence-electron chi connectivity index (χ4n) is 1.60. The lowest BCUT2D eigenvalue weighted by atomic mass is 10.1. The molecule has 0 aliphatic rings. The number of aryl methyl sites for hydroxylation is 2. The van der Waals surface area contributed by atoms with Crippen LogP contribution in [-0.2, 0) is 16.1 Å². The van der Waals surface area contributed by atoms with Crippen molar-refractivity contribution in [3.63, 3.8) is 0 Å². The fraction of sp³-hybridized carbons (Fsp3) is 0.462. The van der Waals surface area contributed by atoms with Crippen LogP contribution in [0.15, 0.2) is 18.2 Å². The summed E-state index contributed by atoms with van der Waals surface area (Å²) in [6.45, 7) is 5.25. The van der Waals surface area contributed by atoms with Crippen LogP contribution in [0.2, 0.25) is 0 Å². The van der Waals surface area contributed by atoms with Gasteiger partial charge in [0.15, 0.2) is 0 Å². The Morgan fingerprint density at radius 2 is 2.06 bits per heavy atom. The highest BCUT2D eigenvalue weighted by Crippen LogP contribution is 2.12. The van der Waals surface area contributed by atoms with Crippen molar-refractivity contribution in [1.82, 2.24) is 4.90 Å². The number of benzene rings is 1. The van der Waals surface area contributed by atoms with Crippen LogP contribution < -0.4 is 0 Å². The van der Waals surface area contributed by atoms with Crippen molar-refractivity contribution in [2.24, 2.45) is 0 Å². The van der Waals surface area contributed by atoms with E-state index in [1.807, 2.05) is 11.9 Å². The Labute approximate surface area is 97.0 Å². The normalized spacial score (nSPS) is 10.6. The molecule has 0 radical (unpaired) electrons. The quantitative estimate of drug-likeness (QED) is 0.727. The van der Waals surface area contributed by atoms with Crippen LogP contribution in [0.5, 0.6) is 0 Å². The predicted molar refractivity (Wildman–Crippen MR) is 64.3 cm³/mol. The number of carbonyl (C=O) groups excluding carboxylic acids is 1. The molecule has 0 saturated carbocycles. The minimum Gasteiger partial charge on any atom is -0.468 e. The molecule has 0 spiro atoms. The molecule has 0 N–H and O–H groups in total. The number of hydrogen-bond donors (Lipinski definition) is 0. The van der Waals surface area contributed by atoms with E-state index in [2.05, 4.69) is 36.8 Å². The highest BCUT2D eigenvalue weighted by Gasteiger charge is 2.08. The second kappa shape index (κ2) is 5.66. The first-order chi connectivity index (χ1) is 7.52. The maximum Gasteiger partial charge on any atom is 0.319 e. The number of ether oxygens (including phenoxy) is 1. The van der Waals surface area contributed by atoms with Crippen LogP contribution in [0.3, 0.4) is 0 Å². The molecule has 0 heterocycles. The van der Waals surface area contributed by atoms with Crippen molar-refractivity contribution in [3.8, 4) is 0 Å². The van der Waals surface area contributed by atoms with Gasteiger partial charge in [0.25, 0.3) is 0 Å². The molecule has 0 bridgehead atoms. The zero-order chi connectivity index (χ0) is 12.1. The van der Waals surface area contributed by atoms with Gasteiger partial charge in [0.1, 0.15) is 0 Å². The standard InChI is InChI=1S/C13H19NO2/c1-10-5-6-11(2)12(7-10)8-14(3)9-13(15)16-4/h5-7H,8-9H2,1-4H3. The summed E-state index contributed by atoms with van der Waals surface area (Å²) < 4.78 is 4.63. The number of hydrogen-bond acceptors (Lipinski definition) is 3. The lowest BCUT2D eigenvalue weighted by molar-refractivity contribution is -0.141. The van der Waals surface area contributed by atoms with Gasteiger partial charge in [0, 0.05) is 6.54 Å². The molecule has 0 amide bonds. The lowest BCUT2D eigenvalue weighted by Gasteiger charge is -2.17. The number of nitrogens with zero attached hydrogens (tertiary/aromatic N) is 1. The molecule has 1 aromatic rings. The molecular formula is C13H19NO2. The summed E-state index contributed by atoms with van der Waals surface area (Å²) in [5, 5.41) is 0. The van der Waals surface area contributed by atoms with E-state index in [4.69, 9.17) is 0 Å². The third-order valence-electron chi connectivity index (χ3n) is 2.57. The van der Waals surface area contributed by atoms with Gasteiger partial charge >= 0.3 is 5.97 Å². The van der Waals surface area contributed by atoms with Gasteiger partial charge in [-0.25, -0.2) is 0 Å². The fourth-order valence-corrected chi connectivity index (χ4v) is 1.60. The summed E-state index contributed by atoms with van der Waals surface area (Å²) in [6, 6.07) is 6.36. The van der Waals surface area contributed by atoms with Gasteiger partial charge in [-0.15, -0.1) is 0 Å². The van der Waals surface area contributed by atoms with Gasteiger partial charge in [-0.05, 0) is 32.0 Å². The second-order valence-corrected chi connectivity index (χ2v) is 4.18. The number of likely N-dealkylation sites (N-methyl/N-ethyl adjacent to an activating group) is 1. The van der Waals surface area contributed by atoms with Gasteiger partial charge < -0.3 is 4.74 Å². The highest BCUT2D eigenvalue weighted by atomic mass is 16.5. The maximum atomic E-state index is 11.1. The van der Waals surface area contributed by atoms with E-state index in [1.165, 1.54) is 23.8 Å². The van der Waals surface area contributed by atoms with Gasteiger partial charge in [0.05, 0.1) is 13.7 Å². The summed E-state index contributed by atoms with van der Waals surface area (Å²) in [5.74, 6) is -0.201. The third kappa shape index (κ3) is 3.66. The lowest BCUT2D eigenvalue weighted by Crippen LogP contribution is -2.26. The summed E-state index contributed by atoms with van der Waals surface area (Å²) in [5.41, 5.74) is 3.75. The largest absolute Gasteiger partial charge is 0.468 e. The smallest absolute Gasteiger partial charge is 0.319 e. The van der Waals surface area contributed by atoms with E-state index in [0.29, 0.717) is 6.54 Å². The van der Waals surface area contributed by atoms with Crippen LogP contribution in [0.4, 0.5) is 0 Å². The Morgan fingerprint density at radius 1 is 1.38 bits per heavy atom. The Hall–Kier alpha value is -1.35. The minimum absolute atomic E-state index is 0.201. The highest BCUT2D eigenvalue weighted by molar-refractivity contribution is 5.71. The zero-order valence-corrected chi connectivity index (χ0v) is 10.4. The zero-order valence-electron chi connectivity index (χ0n) is 10.4. The number of methoxy groups -OCH3 is 1. The maximum absolute atomic E-state index is 11.1. The average molecular weight is 221 g/mol. The van der Waals surface area contributed by atoms with Crippen molar-refractivity contribution < 1.29 is 9.53 Å². The summed E-state index contributed by atoms with van der Waals surface area (Å²) in [7, 11) is 3.33. The molecule has 0 atom stereocenters. The Morgan fingerprint density at radius 3 is 2.69 bits per heavy atom. The number of esters is 1. The van der Waals surface area contributed by atoms with Gasteiger partial charge in [-0.2, -0.15) is 0 Å². The Balaban J connectivity index is 2.65. The predicted octanol–water partition coefficient (Wildman–Crippen LogP) is 1.91. The molecule has 0 aliphatic carbocycles. The topological polar surface area (TPSA) is 29.5 Å². The van der Waals surface area contributed by atoms with Crippen LogP contribution >= 0.6 is 0 Å². The summed E-state index contributed by atoms with van der Waals surface area (Å²) in [4.78, 5) is 13.1. The molecule has 1 rings (SSSR count). The van der Waals surface area contributed by atoms with Crippen LogP contribution in [0, 0.1) is 13.8 Å². The van der Waals surface area contributed by atoms with E-state index in [-0.39, 0.29) is 5.97 Å². The van der Waals surface area contributed by atoms with Crippen LogP contribution in [0.1, 0.15) is 16.7 Å². The van der Waals surface area contributed by atoms with E-state index in [0.717, 1.165) is 6.54 Å². The molecule has 16 heavy (non-hydrogen) atoms. The van der Waals surface area contributed by atoms with Gasteiger partial charge in [-0.1, -0.05) is 23.8 Å². The van der Waals surface area contributed by atoms with Crippen molar-refractivity contribution in [2.45, 2.75) is 20.4 Å². The summed E-state index contributed by atoms with van der Waals surface area (Å²) >= 11 is 0. The van der Waals surface area contributed by atoms with Gasteiger partial charge in [0.2, 0.25) is 0 Å². The molecule has 0 saturated heterocycles. The molecule has 0 aromatic heterocycles. The van der Waals surface area contributed by atoms with E-state index >= 15 is 0 Å². The number of carbonyl (C=O) groups is 1. The molecular weight excluding hydrogens is 202 g/mol. The van der Waals surface area contributed by atoms with Crippen molar-refractivity contribution in [1.29, 1.82) is 0 Å². The van der Waals surface area contributed by atoms with E-state index < -0.39 is 0 Å². The molecule has 3 nitrogen and oxygen atoms in total. The van der Waals surface area contributed by atoms with Crippen LogP contribution in [-0.4, -0.2) is 31.6 Å². The first-order valence-corrected chi connectivity index (χ1v) is 5.34. The molecule has 0 aliphatic heterocycles. The molecule has 1 aromatic carbocycles.